The second-order valence-electron chi connectivity index (χ2n) is 4.06. The topological polar surface area (TPSA) is 45.1 Å². The van der Waals surface area contributed by atoms with E-state index in [9.17, 15) is 0 Å². The summed E-state index contributed by atoms with van der Waals surface area (Å²) in [4.78, 5) is 4.39. The molecular formula is C11H16N2O. The first kappa shape index (κ1) is 9.62. The summed E-state index contributed by atoms with van der Waals surface area (Å²) in [5, 5.41) is 12.5. The van der Waals surface area contributed by atoms with Crippen LogP contribution in [0.2, 0.25) is 0 Å². The molecule has 76 valence electrons. The largest absolute Gasteiger partial charge is 0.394 e. The van der Waals surface area contributed by atoms with Gasteiger partial charge in [0, 0.05) is 17.8 Å². The van der Waals surface area contributed by atoms with E-state index in [2.05, 4.69) is 10.3 Å². The zero-order valence-electron chi connectivity index (χ0n) is 8.45. The number of aromatic nitrogens is 1. The van der Waals surface area contributed by atoms with E-state index in [0.717, 1.165) is 30.8 Å². The molecular weight excluding hydrogens is 176 g/mol. The first-order valence-corrected chi connectivity index (χ1v) is 5.03. The molecule has 1 saturated carbocycles. The maximum Gasteiger partial charge on any atom is 0.0613 e. The molecule has 0 amide bonds. The van der Waals surface area contributed by atoms with E-state index < -0.39 is 0 Å². The van der Waals surface area contributed by atoms with E-state index in [1.165, 1.54) is 0 Å². The SMILES string of the molecule is Cc1cccc(CNC2(CO)CC2)n1. The molecule has 2 N–H and O–H groups in total. The Kier molecular flexibility index (Phi) is 2.52. The van der Waals surface area contributed by atoms with Crippen molar-refractivity contribution in [2.75, 3.05) is 6.61 Å². The molecule has 0 aromatic carbocycles. The van der Waals surface area contributed by atoms with Crippen LogP contribution in [0.4, 0.5) is 0 Å². The van der Waals surface area contributed by atoms with Gasteiger partial charge in [0.1, 0.15) is 0 Å². The van der Waals surface area contributed by atoms with Gasteiger partial charge < -0.3 is 10.4 Å². The van der Waals surface area contributed by atoms with E-state index in [0.29, 0.717) is 0 Å². The van der Waals surface area contributed by atoms with Gasteiger partial charge in [-0.25, -0.2) is 0 Å². The van der Waals surface area contributed by atoms with E-state index in [1.807, 2.05) is 25.1 Å². The highest BCUT2D eigenvalue weighted by molar-refractivity contribution is 5.11. The van der Waals surface area contributed by atoms with Crippen LogP contribution in [0.15, 0.2) is 18.2 Å². The third-order valence-corrected chi connectivity index (χ3v) is 2.75. The molecule has 14 heavy (non-hydrogen) atoms. The predicted octanol–water partition coefficient (Wildman–Crippen LogP) is 1.00. The monoisotopic (exact) mass is 192 g/mol. The van der Waals surface area contributed by atoms with Crippen LogP contribution in [-0.4, -0.2) is 22.2 Å². The summed E-state index contributed by atoms with van der Waals surface area (Å²) in [6.45, 7) is 2.98. The Morgan fingerprint density at radius 1 is 1.50 bits per heavy atom. The van der Waals surface area contributed by atoms with Crippen LogP contribution >= 0.6 is 0 Å². The number of rotatable bonds is 4. The second-order valence-corrected chi connectivity index (χ2v) is 4.06. The molecule has 1 fully saturated rings. The second kappa shape index (κ2) is 3.67. The average molecular weight is 192 g/mol. The number of pyridine rings is 1. The van der Waals surface area contributed by atoms with E-state index in [-0.39, 0.29) is 12.1 Å². The summed E-state index contributed by atoms with van der Waals surface area (Å²) in [6, 6.07) is 6.01. The Morgan fingerprint density at radius 3 is 2.86 bits per heavy atom. The van der Waals surface area contributed by atoms with Crippen LogP contribution in [0.25, 0.3) is 0 Å². The molecule has 0 unspecified atom stereocenters. The lowest BCUT2D eigenvalue weighted by molar-refractivity contribution is 0.229. The third kappa shape index (κ3) is 2.11. The molecule has 0 atom stereocenters. The fourth-order valence-electron chi connectivity index (χ4n) is 1.52. The van der Waals surface area contributed by atoms with Crippen LogP contribution in [0.3, 0.4) is 0 Å². The Hall–Kier alpha value is -0.930. The number of aliphatic hydroxyl groups excluding tert-OH is 1. The average Bonchev–Trinajstić information content (AvgIpc) is 2.96. The minimum absolute atomic E-state index is 0.00538. The quantitative estimate of drug-likeness (QED) is 0.748. The lowest BCUT2D eigenvalue weighted by atomic mass is 10.2. The van der Waals surface area contributed by atoms with Gasteiger partial charge in [-0.1, -0.05) is 6.07 Å². The van der Waals surface area contributed by atoms with E-state index in [1.54, 1.807) is 0 Å². The van der Waals surface area contributed by atoms with Crippen molar-refractivity contribution in [2.24, 2.45) is 0 Å². The molecule has 0 bridgehead atoms. The molecule has 0 saturated heterocycles. The fourth-order valence-corrected chi connectivity index (χ4v) is 1.52. The molecule has 3 nitrogen and oxygen atoms in total. The van der Waals surface area contributed by atoms with Crippen molar-refractivity contribution in [1.29, 1.82) is 0 Å². The number of hydrogen-bond acceptors (Lipinski definition) is 3. The van der Waals surface area contributed by atoms with Crippen LogP contribution in [0.1, 0.15) is 24.2 Å². The number of hydrogen-bond donors (Lipinski definition) is 2. The molecule has 1 heterocycles. The zero-order chi connectivity index (χ0) is 10.0. The highest BCUT2D eigenvalue weighted by Crippen LogP contribution is 2.34. The van der Waals surface area contributed by atoms with Crippen molar-refractivity contribution in [1.82, 2.24) is 10.3 Å². The Morgan fingerprint density at radius 2 is 2.29 bits per heavy atom. The first-order chi connectivity index (χ1) is 6.74. The van der Waals surface area contributed by atoms with Crippen molar-refractivity contribution in [3.63, 3.8) is 0 Å². The maximum atomic E-state index is 9.11. The summed E-state index contributed by atoms with van der Waals surface area (Å²) in [7, 11) is 0. The number of nitrogens with one attached hydrogen (secondary N) is 1. The maximum absolute atomic E-state index is 9.11. The third-order valence-electron chi connectivity index (χ3n) is 2.75. The number of aryl methyl sites for hydroxylation is 1. The highest BCUT2D eigenvalue weighted by Gasteiger charge is 2.41. The molecule has 1 aromatic rings. The van der Waals surface area contributed by atoms with Gasteiger partial charge in [0.15, 0.2) is 0 Å². The molecule has 1 aliphatic rings. The molecule has 2 rings (SSSR count). The lowest BCUT2D eigenvalue weighted by Crippen LogP contribution is -2.34. The van der Waals surface area contributed by atoms with Gasteiger partial charge in [-0.05, 0) is 31.9 Å². The Bertz CT molecular complexity index is 321. The molecule has 3 heteroatoms. The van der Waals surface area contributed by atoms with Crippen LogP contribution < -0.4 is 5.32 Å². The Labute approximate surface area is 84.2 Å². The summed E-state index contributed by atoms with van der Waals surface area (Å²) in [5.74, 6) is 0. The highest BCUT2D eigenvalue weighted by atomic mass is 16.3. The summed E-state index contributed by atoms with van der Waals surface area (Å²) < 4.78 is 0. The molecule has 1 aliphatic carbocycles. The van der Waals surface area contributed by atoms with Gasteiger partial charge in [0.05, 0.1) is 12.3 Å². The van der Waals surface area contributed by atoms with Crippen molar-refractivity contribution >= 4 is 0 Å². The van der Waals surface area contributed by atoms with E-state index in [4.69, 9.17) is 5.11 Å². The van der Waals surface area contributed by atoms with Crippen molar-refractivity contribution < 1.29 is 5.11 Å². The number of nitrogens with zero attached hydrogens (tertiary/aromatic N) is 1. The zero-order valence-corrected chi connectivity index (χ0v) is 8.45. The fraction of sp³-hybridized carbons (Fsp3) is 0.545. The van der Waals surface area contributed by atoms with Gasteiger partial charge in [-0.2, -0.15) is 0 Å². The van der Waals surface area contributed by atoms with Crippen molar-refractivity contribution in [3.8, 4) is 0 Å². The summed E-state index contributed by atoms with van der Waals surface area (Å²) in [6.07, 6.45) is 2.16. The molecule has 1 aromatic heterocycles. The normalized spacial score (nSPS) is 18.1. The van der Waals surface area contributed by atoms with Crippen molar-refractivity contribution in [2.45, 2.75) is 31.8 Å². The van der Waals surface area contributed by atoms with Gasteiger partial charge in [0.25, 0.3) is 0 Å². The minimum Gasteiger partial charge on any atom is -0.394 e. The van der Waals surface area contributed by atoms with Gasteiger partial charge in [-0.15, -0.1) is 0 Å². The summed E-state index contributed by atoms with van der Waals surface area (Å²) in [5.41, 5.74) is 2.09. The Balaban J connectivity index is 1.92. The standard InChI is InChI=1S/C11H16N2O/c1-9-3-2-4-10(13-9)7-12-11(8-14)5-6-11/h2-4,12,14H,5-8H2,1H3. The first-order valence-electron chi connectivity index (χ1n) is 5.03. The molecule has 0 aliphatic heterocycles. The van der Waals surface area contributed by atoms with Crippen LogP contribution in [0.5, 0.6) is 0 Å². The lowest BCUT2D eigenvalue weighted by Gasteiger charge is -2.13. The van der Waals surface area contributed by atoms with Crippen LogP contribution in [0, 0.1) is 6.92 Å². The van der Waals surface area contributed by atoms with Crippen molar-refractivity contribution in [3.05, 3.63) is 29.6 Å². The minimum atomic E-state index is 0.00538. The molecule has 0 radical (unpaired) electrons. The van der Waals surface area contributed by atoms with E-state index >= 15 is 0 Å². The number of aliphatic hydroxyl groups is 1. The smallest absolute Gasteiger partial charge is 0.0613 e. The predicted molar refractivity (Wildman–Crippen MR) is 54.9 cm³/mol. The van der Waals surface area contributed by atoms with Crippen LogP contribution in [-0.2, 0) is 6.54 Å². The molecule has 0 spiro atoms. The van der Waals surface area contributed by atoms with Gasteiger partial charge in [-0.3, -0.25) is 4.98 Å². The van der Waals surface area contributed by atoms with Gasteiger partial charge >= 0.3 is 0 Å². The summed E-state index contributed by atoms with van der Waals surface area (Å²) >= 11 is 0. The van der Waals surface area contributed by atoms with Gasteiger partial charge in [0.2, 0.25) is 0 Å².